The molecule has 0 bridgehead atoms. The number of nitrogens with zero attached hydrogens (tertiary/aromatic N) is 2. The molecule has 2 amide bonds. The van der Waals surface area contributed by atoms with Crippen molar-refractivity contribution < 1.29 is 32.2 Å². The fraction of sp³-hybridized carbons (Fsp3) is 0.417. The summed E-state index contributed by atoms with van der Waals surface area (Å²) in [6.45, 7) is 1.40. The van der Waals surface area contributed by atoms with Gasteiger partial charge in [0.1, 0.15) is 18.3 Å². The van der Waals surface area contributed by atoms with E-state index in [-0.39, 0.29) is 18.1 Å². The molecule has 0 heterocycles. The third kappa shape index (κ3) is 7.01. The summed E-state index contributed by atoms with van der Waals surface area (Å²) < 4.78 is 42.1. The standard InChI is InChI=1S/C24H33N3O7S/c1-7-20(24(29)25-2)26(15-17-8-11-19(32-3)12-9-17)23(28)16-27(35(6,30)31)18-10-13-21(33-4)22(14-18)34-5/h8-14,20H,7,15-16H2,1-6H3,(H,25,29)/t20-/m1/s1. The summed E-state index contributed by atoms with van der Waals surface area (Å²) in [6, 6.07) is 10.9. The molecule has 0 aliphatic carbocycles. The third-order valence-electron chi connectivity index (χ3n) is 5.48. The molecule has 11 heteroatoms. The van der Waals surface area contributed by atoms with Crippen molar-refractivity contribution in [2.75, 3.05) is 45.5 Å². The van der Waals surface area contributed by atoms with Crippen LogP contribution in [0.1, 0.15) is 18.9 Å². The quantitative estimate of drug-likeness (QED) is 0.468. The van der Waals surface area contributed by atoms with Gasteiger partial charge in [-0.1, -0.05) is 19.1 Å². The molecule has 0 radical (unpaired) electrons. The number of hydrogen-bond donors (Lipinski definition) is 1. The highest BCUT2D eigenvalue weighted by Crippen LogP contribution is 2.32. The van der Waals surface area contributed by atoms with Crippen molar-refractivity contribution in [2.24, 2.45) is 0 Å². The van der Waals surface area contributed by atoms with Gasteiger partial charge in [0.25, 0.3) is 0 Å². The van der Waals surface area contributed by atoms with E-state index in [9.17, 15) is 18.0 Å². The lowest BCUT2D eigenvalue weighted by Gasteiger charge is -2.32. The van der Waals surface area contributed by atoms with Gasteiger partial charge in [0, 0.05) is 19.7 Å². The number of likely N-dealkylation sites (N-methyl/N-ethyl adjacent to an activating group) is 1. The molecule has 1 N–H and O–H groups in total. The molecule has 35 heavy (non-hydrogen) atoms. The molecule has 0 saturated heterocycles. The van der Waals surface area contributed by atoms with Crippen LogP contribution in [0, 0.1) is 0 Å². The zero-order valence-electron chi connectivity index (χ0n) is 20.9. The van der Waals surface area contributed by atoms with Gasteiger partial charge in [0.15, 0.2) is 11.5 Å². The minimum absolute atomic E-state index is 0.109. The van der Waals surface area contributed by atoms with E-state index < -0.39 is 28.5 Å². The summed E-state index contributed by atoms with van der Waals surface area (Å²) >= 11 is 0. The lowest BCUT2D eigenvalue weighted by atomic mass is 10.1. The van der Waals surface area contributed by atoms with Crippen molar-refractivity contribution in [2.45, 2.75) is 25.9 Å². The smallest absolute Gasteiger partial charge is 0.244 e. The SMILES string of the molecule is CC[C@H](C(=O)NC)N(Cc1ccc(OC)cc1)C(=O)CN(c1ccc(OC)c(OC)c1)S(C)(=O)=O. The zero-order chi connectivity index (χ0) is 26.2. The van der Waals surface area contributed by atoms with Crippen molar-refractivity contribution in [1.29, 1.82) is 0 Å². The van der Waals surface area contributed by atoms with Gasteiger partial charge in [-0.3, -0.25) is 13.9 Å². The molecular formula is C24H33N3O7S. The molecule has 10 nitrogen and oxygen atoms in total. The highest BCUT2D eigenvalue weighted by atomic mass is 32.2. The second-order valence-corrected chi connectivity index (χ2v) is 9.62. The Balaban J connectivity index is 2.45. The number of ether oxygens (including phenoxy) is 3. The van der Waals surface area contributed by atoms with Gasteiger partial charge in [-0.15, -0.1) is 0 Å². The van der Waals surface area contributed by atoms with Gasteiger partial charge >= 0.3 is 0 Å². The summed E-state index contributed by atoms with van der Waals surface area (Å²) in [5.41, 5.74) is 0.995. The molecule has 0 fully saturated rings. The Morgan fingerprint density at radius 1 is 0.971 bits per heavy atom. The maximum Gasteiger partial charge on any atom is 0.244 e. The maximum atomic E-state index is 13.6. The first-order valence-corrected chi connectivity index (χ1v) is 12.8. The number of rotatable bonds is 12. The normalized spacial score (nSPS) is 11.8. The Hall–Kier alpha value is -3.47. The molecule has 0 saturated carbocycles. The second-order valence-electron chi connectivity index (χ2n) is 7.72. The fourth-order valence-electron chi connectivity index (χ4n) is 3.61. The monoisotopic (exact) mass is 507 g/mol. The number of benzene rings is 2. The number of carbonyl (C=O) groups excluding carboxylic acids is 2. The largest absolute Gasteiger partial charge is 0.497 e. The molecule has 2 aromatic carbocycles. The molecule has 0 unspecified atom stereocenters. The zero-order valence-corrected chi connectivity index (χ0v) is 21.7. The van der Waals surface area contributed by atoms with E-state index in [2.05, 4.69) is 5.32 Å². The second kappa shape index (κ2) is 12.3. The molecule has 0 spiro atoms. The van der Waals surface area contributed by atoms with Gasteiger partial charge in [0.2, 0.25) is 21.8 Å². The molecule has 0 aliphatic rings. The molecule has 2 aromatic rings. The molecule has 0 aromatic heterocycles. The topological polar surface area (TPSA) is 114 Å². The van der Waals surface area contributed by atoms with Crippen LogP contribution in [-0.4, -0.2) is 72.4 Å². The first-order chi connectivity index (χ1) is 16.6. The van der Waals surface area contributed by atoms with E-state index in [1.807, 2.05) is 0 Å². The van der Waals surface area contributed by atoms with E-state index in [0.717, 1.165) is 16.1 Å². The van der Waals surface area contributed by atoms with Crippen LogP contribution in [0.2, 0.25) is 0 Å². The van der Waals surface area contributed by atoms with Gasteiger partial charge < -0.3 is 24.4 Å². The van der Waals surface area contributed by atoms with Crippen LogP contribution in [0.5, 0.6) is 17.2 Å². The predicted octanol–water partition coefficient (Wildman–Crippen LogP) is 2.03. The van der Waals surface area contributed by atoms with Crippen molar-refractivity contribution in [3.8, 4) is 17.2 Å². The number of sulfonamides is 1. The summed E-state index contributed by atoms with van der Waals surface area (Å²) in [6.07, 6.45) is 1.36. The fourth-order valence-corrected chi connectivity index (χ4v) is 4.45. The molecule has 2 rings (SSSR count). The first kappa shape index (κ1) is 27.8. The van der Waals surface area contributed by atoms with E-state index in [0.29, 0.717) is 23.7 Å². The van der Waals surface area contributed by atoms with E-state index in [4.69, 9.17) is 14.2 Å². The van der Waals surface area contributed by atoms with Crippen LogP contribution in [0.15, 0.2) is 42.5 Å². The number of hydrogen-bond acceptors (Lipinski definition) is 7. The van der Waals surface area contributed by atoms with Crippen molar-refractivity contribution >= 4 is 27.5 Å². The minimum Gasteiger partial charge on any atom is -0.497 e. The lowest BCUT2D eigenvalue weighted by molar-refractivity contribution is -0.140. The first-order valence-electron chi connectivity index (χ1n) is 10.9. The van der Waals surface area contributed by atoms with Crippen LogP contribution in [-0.2, 0) is 26.2 Å². The van der Waals surface area contributed by atoms with Crippen LogP contribution in [0.4, 0.5) is 5.69 Å². The summed E-state index contributed by atoms with van der Waals surface area (Å²) in [5.74, 6) is 0.519. The van der Waals surface area contributed by atoms with Gasteiger partial charge in [-0.25, -0.2) is 8.42 Å². The Morgan fingerprint density at radius 3 is 2.09 bits per heavy atom. The Bertz CT molecular complexity index is 1120. The van der Waals surface area contributed by atoms with Crippen molar-refractivity contribution in [3.63, 3.8) is 0 Å². The Labute approximate surface area is 206 Å². The van der Waals surface area contributed by atoms with Crippen molar-refractivity contribution in [3.05, 3.63) is 48.0 Å². The van der Waals surface area contributed by atoms with E-state index >= 15 is 0 Å². The molecule has 192 valence electrons. The number of methoxy groups -OCH3 is 3. The van der Waals surface area contributed by atoms with Crippen LogP contribution >= 0.6 is 0 Å². The summed E-state index contributed by atoms with van der Waals surface area (Å²) in [5, 5.41) is 2.58. The van der Waals surface area contributed by atoms with Crippen molar-refractivity contribution in [1.82, 2.24) is 10.2 Å². The predicted molar refractivity (Wildman–Crippen MR) is 133 cm³/mol. The van der Waals surface area contributed by atoms with Crippen LogP contribution in [0.25, 0.3) is 0 Å². The van der Waals surface area contributed by atoms with E-state index in [1.165, 1.54) is 38.3 Å². The van der Waals surface area contributed by atoms with Crippen LogP contribution in [0.3, 0.4) is 0 Å². The highest BCUT2D eigenvalue weighted by Gasteiger charge is 2.31. The Kier molecular flexibility index (Phi) is 9.76. The van der Waals surface area contributed by atoms with Gasteiger partial charge in [-0.05, 0) is 36.2 Å². The van der Waals surface area contributed by atoms with Crippen LogP contribution < -0.4 is 23.8 Å². The average Bonchev–Trinajstić information content (AvgIpc) is 2.85. The lowest BCUT2D eigenvalue weighted by Crippen LogP contribution is -2.51. The minimum atomic E-state index is -3.86. The molecule has 0 aliphatic heterocycles. The summed E-state index contributed by atoms with van der Waals surface area (Å²) in [4.78, 5) is 27.5. The molecule has 1 atom stereocenters. The van der Waals surface area contributed by atoms with Gasteiger partial charge in [-0.2, -0.15) is 0 Å². The number of anilines is 1. The summed E-state index contributed by atoms with van der Waals surface area (Å²) in [7, 11) is 2.09. The number of carbonyl (C=O) groups is 2. The maximum absolute atomic E-state index is 13.6. The third-order valence-corrected chi connectivity index (χ3v) is 6.62. The highest BCUT2D eigenvalue weighted by molar-refractivity contribution is 7.92. The Morgan fingerprint density at radius 2 is 1.60 bits per heavy atom. The number of amides is 2. The molecular weight excluding hydrogens is 474 g/mol. The average molecular weight is 508 g/mol. The number of nitrogens with one attached hydrogen (secondary N) is 1. The van der Waals surface area contributed by atoms with Gasteiger partial charge in [0.05, 0.1) is 33.3 Å². The van der Waals surface area contributed by atoms with E-state index in [1.54, 1.807) is 44.4 Å².